The van der Waals surface area contributed by atoms with Gasteiger partial charge in [-0.05, 0) is 52.9 Å². The Morgan fingerprint density at radius 2 is 1.97 bits per heavy atom. The van der Waals surface area contributed by atoms with Crippen LogP contribution in [0.2, 0.25) is 0 Å². The van der Waals surface area contributed by atoms with Crippen LogP contribution >= 0.6 is 0 Å². The molecule has 1 aliphatic heterocycles. The van der Waals surface area contributed by atoms with Crippen LogP contribution in [0.25, 0.3) is 22.3 Å². The summed E-state index contributed by atoms with van der Waals surface area (Å²) in [7, 11) is 1.94. The smallest absolute Gasteiger partial charge is 0.223 e. The Morgan fingerprint density at radius 3 is 2.67 bits per heavy atom. The van der Waals surface area contributed by atoms with Crippen molar-refractivity contribution in [3.63, 3.8) is 0 Å². The maximum atomic E-state index is 14.8. The summed E-state index contributed by atoms with van der Waals surface area (Å²) in [4.78, 5) is 14.7. The van der Waals surface area contributed by atoms with Crippen molar-refractivity contribution in [2.24, 2.45) is 0 Å². The number of likely N-dealkylation sites (tertiary alicyclic amines) is 1. The van der Waals surface area contributed by atoms with Gasteiger partial charge in [-0.25, -0.2) is 23.7 Å². The van der Waals surface area contributed by atoms with Crippen molar-refractivity contribution in [2.75, 3.05) is 25.5 Å². The number of aromatic nitrogens is 4. The summed E-state index contributed by atoms with van der Waals surface area (Å²) in [6.45, 7) is 7.15. The molecule has 2 aromatic heterocycles. The summed E-state index contributed by atoms with van der Waals surface area (Å²) < 4.78 is 31.3. The number of benzene rings is 1. The highest BCUT2D eigenvalue weighted by atomic mass is 19.1. The molecule has 30 heavy (non-hydrogen) atoms. The Labute approximate surface area is 173 Å². The van der Waals surface area contributed by atoms with Crippen molar-refractivity contribution >= 4 is 17.0 Å². The minimum absolute atomic E-state index is 0.00452. The van der Waals surface area contributed by atoms with Crippen LogP contribution in [0.1, 0.15) is 32.1 Å². The Hall–Kier alpha value is -2.65. The average Bonchev–Trinajstić information content (AvgIpc) is 3.02. The topological polar surface area (TPSA) is 79.1 Å². The Kier molecular flexibility index (Phi) is 5.42. The predicted octanol–water partition coefficient (Wildman–Crippen LogP) is 3.14. The van der Waals surface area contributed by atoms with E-state index in [1.54, 1.807) is 6.07 Å². The van der Waals surface area contributed by atoms with E-state index in [1.165, 1.54) is 6.07 Å². The number of hydrogen-bond donors (Lipinski definition) is 2. The fourth-order valence-electron chi connectivity index (χ4n) is 4.12. The van der Waals surface area contributed by atoms with Crippen LogP contribution in [-0.4, -0.2) is 61.8 Å². The Morgan fingerprint density at radius 1 is 1.20 bits per heavy atom. The Balaban J connectivity index is 1.73. The largest absolute Gasteiger partial charge is 0.390 e. The second-order valence-electron chi connectivity index (χ2n) is 8.21. The standard InChI is InChI=1S/C21H26F2N6O/c1-11(2)29-12(3)25-20-14(22)7-13(8-17(20)29)19-15(23)9-24-21(27-19)26-16-5-6-28(4)10-18(16)30/h7-9,11,16,18,30H,5-6,10H2,1-4H3,(H,24,26,27)/t16?,18-/m0/s1. The molecule has 1 saturated heterocycles. The van der Waals surface area contributed by atoms with E-state index < -0.39 is 17.7 Å². The number of aryl methyl sites for hydroxylation is 1. The second kappa shape index (κ2) is 7.88. The number of nitrogens with zero attached hydrogens (tertiary/aromatic N) is 5. The quantitative estimate of drug-likeness (QED) is 0.680. The van der Waals surface area contributed by atoms with Gasteiger partial charge in [0.15, 0.2) is 11.6 Å². The molecule has 3 aromatic rings. The molecule has 0 bridgehead atoms. The van der Waals surface area contributed by atoms with Crippen molar-refractivity contribution in [2.45, 2.75) is 45.4 Å². The van der Waals surface area contributed by atoms with Gasteiger partial charge in [-0.3, -0.25) is 0 Å². The lowest BCUT2D eigenvalue weighted by atomic mass is 10.0. The maximum absolute atomic E-state index is 14.8. The number of aliphatic hydroxyl groups excluding tert-OH is 1. The number of fused-ring (bicyclic) bond motifs is 1. The average molecular weight is 416 g/mol. The molecule has 7 nitrogen and oxygen atoms in total. The van der Waals surface area contributed by atoms with Crippen molar-refractivity contribution in [3.8, 4) is 11.3 Å². The number of likely N-dealkylation sites (N-methyl/N-ethyl adjacent to an activating group) is 1. The van der Waals surface area contributed by atoms with Gasteiger partial charge >= 0.3 is 0 Å². The molecule has 2 N–H and O–H groups in total. The van der Waals surface area contributed by atoms with E-state index in [0.717, 1.165) is 12.7 Å². The van der Waals surface area contributed by atoms with Crippen LogP contribution in [0.5, 0.6) is 0 Å². The van der Waals surface area contributed by atoms with E-state index in [0.29, 0.717) is 29.9 Å². The van der Waals surface area contributed by atoms with E-state index in [-0.39, 0.29) is 29.2 Å². The molecule has 0 radical (unpaired) electrons. The third-order valence-electron chi connectivity index (χ3n) is 5.56. The zero-order chi connectivity index (χ0) is 21.6. The first-order valence-electron chi connectivity index (χ1n) is 10.1. The Bertz CT molecular complexity index is 1080. The van der Waals surface area contributed by atoms with Gasteiger partial charge in [-0.15, -0.1) is 0 Å². The number of aliphatic hydroxyl groups is 1. The van der Waals surface area contributed by atoms with E-state index in [4.69, 9.17) is 0 Å². The molecule has 1 aromatic carbocycles. The van der Waals surface area contributed by atoms with Gasteiger partial charge in [-0.1, -0.05) is 0 Å². The summed E-state index contributed by atoms with van der Waals surface area (Å²) in [5, 5.41) is 13.4. The molecule has 0 amide bonds. The third-order valence-corrected chi connectivity index (χ3v) is 5.56. The number of imidazole rings is 1. The van der Waals surface area contributed by atoms with Crippen LogP contribution in [0.15, 0.2) is 18.3 Å². The fourth-order valence-corrected chi connectivity index (χ4v) is 4.12. The molecule has 0 spiro atoms. The number of rotatable bonds is 4. The lowest BCUT2D eigenvalue weighted by Gasteiger charge is -2.34. The molecule has 1 fully saturated rings. The summed E-state index contributed by atoms with van der Waals surface area (Å²) in [6, 6.07) is 2.80. The number of piperidine rings is 1. The zero-order valence-electron chi connectivity index (χ0n) is 17.5. The van der Waals surface area contributed by atoms with Gasteiger partial charge < -0.3 is 19.9 Å². The van der Waals surface area contributed by atoms with Gasteiger partial charge in [0.25, 0.3) is 0 Å². The number of hydrogen-bond acceptors (Lipinski definition) is 6. The van der Waals surface area contributed by atoms with Crippen LogP contribution in [-0.2, 0) is 0 Å². The highest BCUT2D eigenvalue weighted by molar-refractivity contribution is 5.83. The minimum atomic E-state index is -0.643. The van der Waals surface area contributed by atoms with Crippen molar-refractivity contribution in [1.82, 2.24) is 24.4 Å². The molecule has 0 saturated carbocycles. The van der Waals surface area contributed by atoms with Crippen LogP contribution in [0, 0.1) is 18.6 Å². The molecule has 9 heteroatoms. The van der Waals surface area contributed by atoms with Gasteiger partial charge in [0.05, 0.1) is 23.9 Å². The van der Waals surface area contributed by atoms with Gasteiger partial charge in [0.1, 0.15) is 17.0 Å². The lowest BCUT2D eigenvalue weighted by Crippen LogP contribution is -2.48. The molecule has 3 heterocycles. The van der Waals surface area contributed by atoms with Crippen molar-refractivity contribution < 1.29 is 13.9 Å². The first-order valence-corrected chi connectivity index (χ1v) is 10.1. The highest BCUT2D eigenvalue weighted by Crippen LogP contribution is 2.30. The maximum Gasteiger partial charge on any atom is 0.223 e. The van der Waals surface area contributed by atoms with E-state index >= 15 is 0 Å². The molecule has 1 aliphatic rings. The number of halogens is 2. The predicted molar refractivity (Wildman–Crippen MR) is 111 cm³/mol. The first kappa shape index (κ1) is 20.6. The molecule has 0 aliphatic carbocycles. The first-order chi connectivity index (χ1) is 14.2. The van der Waals surface area contributed by atoms with Crippen LogP contribution < -0.4 is 5.32 Å². The van der Waals surface area contributed by atoms with Crippen LogP contribution in [0.4, 0.5) is 14.7 Å². The highest BCUT2D eigenvalue weighted by Gasteiger charge is 2.27. The lowest BCUT2D eigenvalue weighted by molar-refractivity contribution is 0.0726. The minimum Gasteiger partial charge on any atom is -0.390 e. The van der Waals surface area contributed by atoms with Crippen molar-refractivity contribution in [3.05, 3.63) is 35.8 Å². The molecule has 4 rings (SSSR count). The van der Waals surface area contributed by atoms with E-state index in [1.807, 2.05) is 37.3 Å². The van der Waals surface area contributed by atoms with Crippen LogP contribution in [0.3, 0.4) is 0 Å². The summed E-state index contributed by atoms with van der Waals surface area (Å²) >= 11 is 0. The monoisotopic (exact) mass is 416 g/mol. The molecular formula is C21H26F2N6O. The number of nitrogens with one attached hydrogen (secondary N) is 1. The molecule has 2 atom stereocenters. The normalized spacial score (nSPS) is 20.3. The zero-order valence-corrected chi connectivity index (χ0v) is 17.5. The number of anilines is 1. The summed E-state index contributed by atoms with van der Waals surface area (Å²) in [5.41, 5.74) is 1.17. The van der Waals surface area contributed by atoms with Gasteiger partial charge in [0.2, 0.25) is 5.95 Å². The molecular weight excluding hydrogens is 390 g/mol. The molecule has 1 unspecified atom stereocenters. The van der Waals surface area contributed by atoms with E-state index in [2.05, 4.69) is 20.3 Å². The summed E-state index contributed by atoms with van der Waals surface area (Å²) in [5.74, 6) is -0.273. The summed E-state index contributed by atoms with van der Waals surface area (Å²) in [6.07, 6.45) is 1.19. The number of β-amino-alcohol motifs (C(OH)–C–C–N with tert-alkyl or cyclic N) is 1. The van der Waals surface area contributed by atoms with Gasteiger partial charge in [-0.2, -0.15) is 0 Å². The second-order valence-corrected chi connectivity index (χ2v) is 8.21. The SMILES string of the molecule is Cc1nc2c(F)cc(-c3nc(NC4CCN(C)C[C@@H]4O)ncc3F)cc2n1C(C)C. The third kappa shape index (κ3) is 3.75. The fraction of sp³-hybridized carbons (Fsp3) is 0.476. The van der Waals surface area contributed by atoms with Crippen molar-refractivity contribution in [1.29, 1.82) is 0 Å². The van der Waals surface area contributed by atoms with Gasteiger partial charge in [0, 0.05) is 18.2 Å². The molecule has 160 valence electrons. The van der Waals surface area contributed by atoms with E-state index in [9.17, 15) is 13.9 Å².